The Morgan fingerprint density at radius 3 is 0.667 bits per heavy atom. The van der Waals surface area contributed by atoms with Gasteiger partial charge in [0.2, 0.25) is 0 Å². The summed E-state index contributed by atoms with van der Waals surface area (Å²) in [6, 6.07) is 0. The van der Waals surface area contributed by atoms with E-state index in [9.17, 15) is 0 Å². The van der Waals surface area contributed by atoms with E-state index in [0.29, 0.717) is 0 Å². The predicted octanol–water partition coefficient (Wildman–Crippen LogP) is -5.04. The summed E-state index contributed by atoms with van der Waals surface area (Å²) in [5.74, 6) is 0. The zero-order valence-electron chi connectivity index (χ0n) is 7.42. The van der Waals surface area contributed by atoms with Gasteiger partial charge in [-0.25, -0.2) is 0 Å². The van der Waals surface area contributed by atoms with Gasteiger partial charge < -0.3 is 0 Å². The molecule has 0 unspecified atom stereocenters. The van der Waals surface area contributed by atoms with Crippen LogP contribution in [0.5, 0.6) is 0 Å². The van der Waals surface area contributed by atoms with Gasteiger partial charge in [-0.2, -0.15) is 0 Å². The van der Waals surface area contributed by atoms with Crippen molar-refractivity contribution >= 4 is 118 Å². The summed E-state index contributed by atoms with van der Waals surface area (Å²) in [7, 11) is 0. The van der Waals surface area contributed by atoms with Crippen LogP contribution in [0.25, 0.3) is 0 Å². The van der Waals surface area contributed by atoms with E-state index in [1.54, 1.807) is 0 Å². The van der Waals surface area contributed by atoms with Gasteiger partial charge in [-0.05, 0) is 0 Å². The average molecular weight is 1210 g/mol. The zero-order valence-corrected chi connectivity index (χ0v) is 27.8. The van der Waals surface area contributed by atoms with Gasteiger partial charge in [-0.15, -0.1) is 0 Å². The van der Waals surface area contributed by atoms with Crippen LogP contribution in [0.4, 0.5) is 0 Å². The molecule has 14 heteroatoms. The third-order valence-corrected chi connectivity index (χ3v) is 0. The summed E-state index contributed by atoms with van der Waals surface area (Å²) in [6.45, 7) is 0. The van der Waals surface area contributed by atoms with Crippen LogP contribution >= 0.6 is 0 Å². The summed E-state index contributed by atoms with van der Waals surface area (Å²) in [5.41, 5.74) is 0. The van der Waals surface area contributed by atoms with E-state index in [0.717, 1.165) is 0 Å². The van der Waals surface area contributed by atoms with Gasteiger partial charge in [-0.1, -0.05) is 0 Å². The molecule has 3 N–H and O–H groups in total. The van der Waals surface area contributed by atoms with E-state index < -0.39 is 66.6 Å². The molecule has 0 aromatic heterocycles. The van der Waals surface area contributed by atoms with Crippen LogP contribution in [0.1, 0.15) is 0 Å². The molecular formula is CH11Bi5O9. The van der Waals surface area contributed by atoms with Gasteiger partial charge in [0.1, 0.15) is 0 Å². The first-order chi connectivity index (χ1) is 6.20. The molecule has 0 aliphatic heterocycles. The summed E-state index contributed by atoms with van der Waals surface area (Å²) in [4.78, 5) is 0. The van der Waals surface area contributed by atoms with Crippen LogP contribution in [0.15, 0.2) is 0 Å². The number of hydrogen-bond donors (Lipinski definition) is 3. The molecular weight excluding hydrogens is 1200 g/mol. The first kappa shape index (κ1) is 30.8. The van der Waals surface area contributed by atoms with Crippen molar-refractivity contribution in [2.75, 3.05) is 0 Å². The van der Waals surface area contributed by atoms with E-state index >= 15 is 0 Å². The Kier molecular flexibility index (Phi) is 62.2. The second-order valence-electron chi connectivity index (χ2n) is 0.714. The van der Waals surface area contributed by atoms with Crippen LogP contribution in [0, 0.1) is 0 Å². The Hall–Kier alpha value is 3.10. The van der Waals surface area contributed by atoms with E-state index in [2.05, 4.69) is 4.63 Å². The van der Waals surface area contributed by atoms with Gasteiger partial charge >= 0.3 is 149 Å². The summed E-state index contributed by atoms with van der Waals surface area (Å²) in [5, 5.41) is 0. The van der Waals surface area contributed by atoms with E-state index in [1.165, 1.54) is 24.7 Å². The van der Waals surface area contributed by atoms with Crippen molar-refractivity contribution in [3.63, 3.8) is 0 Å². The molecule has 0 aliphatic carbocycles. The van der Waals surface area contributed by atoms with E-state index in [-0.39, 0.29) is 26.2 Å². The molecule has 94 valence electrons. The quantitative estimate of drug-likeness (QED) is 0.202. The van der Waals surface area contributed by atoms with E-state index in [4.69, 9.17) is 26.4 Å². The fourth-order valence-corrected chi connectivity index (χ4v) is 0. The molecule has 0 bridgehead atoms. The van der Waals surface area contributed by atoms with Gasteiger partial charge in [0, 0.05) is 0 Å². The minimum absolute atomic E-state index is 0. The van der Waals surface area contributed by atoms with Crippen LogP contribution < -0.4 is 0 Å². The van der Waals surface area contributed by atoms with Crippen LogP contribution in [0.2, 0.25) is 4.63 Å². The standard InChI is InChI=1S/CH3.5Bi.3H2O.6O.5H/h1H3;;;;;;3*1H2;;;;;;;;;;;/q;;;3*+1;;;;;;;;;;;;;;/p-3. The fraction of sp³-hybridized carbons (Fsp3) is 1.00. The Morgan fingerprint density at radius 2 is 0.667 bits per heavy atom. The Morgan fingerprint density at radius 1 is 0.667 bits per heavy atom. The van der Waals surface area contributed by atoms with Gasteiger partial charge in [-0.3, -0.25) is 0 Å². The molecule has 0 aromatic rings. The molecule has 0 rings (SSSR count). The second-order valence-corrected chi connectivity index (χ2v) is 6.26. The Bertz CT molecular complexity index is 211. The molecule has 0 amide bonds. The van der Waals surface area contributed by atoms with Crippen molar-refractivity contribution in [2.45, 2.75) is 4.63 Å². The molecule has 9 nitrogen and oxygen atoms in total. The monoisotopic (exact) mass is 1210 g/mol. The molecule has 0 saturated heterocycles. The summed E-state index contributed by atoms with van der Waals surface area (Å²) < 4.78 is 76.0. The van der Waals surface area contributed by atoms with Crippen molar-refractivity contribution in [3.05, 3.63) is 0 Å². The molecule has 0 saturated carbocycles. The van der Waals surface area contributed by atoms with Gasteiger partial charge in [0.15, 0.2) is 0 Å². The van der Waals surface area contributed by atoms with Gasteiger partial charge in [0.05, 0.1) is 0 Å². The molecule has 0 atom stereocenters. The summed E-state index contributed by atoms with van der Waals surface area (Å²) in [6.07, 6.45) is 0. The molecule has 0 radical (unpaired) electrons. The summed E-state index contributed by atoms with van der Waals surface area (Å²) >= 11 is -11.1. The normalized spacial score (nSPS) is 5.40. The number of rotatable bonds is 0. The van der Waals surface area contributed by atoms with Crippen molar-refractivity contribution in [3.8, 4) is 0 Å². The van der Waals surface area contributed by atoms with Crippen molar-refractivity contribution < 1.29 is 26.4 Å². The number of hydrogen-bond acceptors (Lipinski definition) is 6. The Balaban J connectivity index is -0.0000000298. The van der Waals surface area contributed by atoms with Crippen LogP contribution in [-0.4, -0.2) is 127 Å². The maximum atomic E-state index is 8.73. The molecule has 0 heterocycles. The molecule has 0 spiro atoms. The van der Waals surface area contributed by atoms with Crippen molar-refractivity contribution in [1.29, 1.82) is 0 Å². The van der Waals surface area contributed by atoms with Gasteiger partial charge in [0.25, 0.3) is 0 Å². The van der Waals surface area contributed by atoms with Crippen LogP contribution in [0.3, 0.4) is 0 Å². The fourth-order valence-electron chi connectivity index (χ4n) is 0. The average Bonchev–Trinajstić information content (AvgIpc) is 1.86. The minimum atomic E-state index is -4.09. The van der Waals surface area contributed by atoms with Crippen LogP contribution in [-0.2, 0) is 16.9 Å². The van der Waals surface area contributed by atoms with E-state index in [1.807, 2.05) is 0 Å². The molecule has 0 fully saturated rings. The molecule has 0 aromatic carbocycles. The topological polar surface area (TPSA) is 163 Å². The molecule has 0 aliphatic rings. The zero-order chi connectivity index (χ0) is 12.7. The predicted molar refractivity (Wildman–Crippen MR) is 52.4 cm³/mol. The first-order valence-electron chi connectivity index (χ1n) is 2.27. The Labute approximate surface area is 145 Å². The third-order valence-electron chi connectivity index (χ3n) is 0. The van der Waals surface area contributed by atoms with Crippen molar-refractivity contribution in [2.24, 2.45) is 0 Å². The van der Waals surface area contributed by atoms with Crippen molar-refractivity contribution in [1.82, 2.24) is 0 Å². The first-order valence-corrected chi connectivity index (χ1v) is 19.9. The second kappa shape index (κ2) is 30.3. The molecule has 15 heavy (non-hydrogen) atoms. The third kappa shape index (κ3) is 407. The maximum absolute atomic E-state index is 8.73. The SMILES string of the molecule is [BiH3].[CH3][BiH2].[O]=[Bi](=[O])[OH].[O]=[Bi](=[O])[OH].[O]=[Bi](=[O])[OH].